The van der Waals surface area contributed by atoms with Crippen LogP contribution in [-0.2, 0) is 11.3 Å². The smallest absolute Gasteiger partial charge is 0.136 e. The van der Waals surface area contributed by atoms with Crippen molar-refractivity contribution in [1.29, 1.82) is 0 Å². The number of hydrogen-bond acceptors (Lipinski definition) is 5. The Morgan fingerprint density at radius 3 is 3.06 bits per heavy atom. The van der Waals surface area contributed by atoms with Gasteiger partial charge in [-0.3, -0.25) is 0 Å². The Morgan fingerprint density at radius 1 is 1.50 bits per heavy atom. The van der Waals surface area contributed by atoms with E-state index in [0.29, 0.717) is 0 Å². The van der Waals surface area contributed by atoms with Crippen molar-refractivity contribution in [2.24, 2.45) is 0 Å². The van der Waals surface area contributed by atoms with Crippen LogP contribution in [0.3, 0.4) is 0 Å². The predicted molar refractivity (Wildman–Crippen MR) is 71.6 cm³/mol. The van der Waals surface area contributed by atoms with E-state index in [4.69, 9.17) is 4.74 Å². The Bertz CT molecular complexity index is 419. The number of anilines is 1. The van der Waals surface area contributed by atoms with E-state index in [0.717, 1.165) is 44.0 Å². The average molecular weight is 248 g/mol. The lowest BCUT2D eigenvalue weighted by Crippen LogP contribution is -2.31. The fraction of sp³-hybridized carbons (Fsp3) is 0.538. The van der Waals surface area contributed by atoms with Crippen molar-refractivity contribution in [3.8, 4) is 0 Å². The summed E-state index contributed by atoms with van der Waals surface area (Å²) in [5, 5.41) is 3.15. The maximum Gasteiger partial charge on any atom is 0.136 e. The van der Waals surface area contributed by atoms with E-state index in [-0.39, 0.29) is 0 Å². The highest BCUT2D eigenvalue weighted by atomic mass is 16.5. The normalized spacial score (nSPS) is 15.7. The Morgan fingerprint density at radius 2 is 2.39 bits per heavy atom. The maximum absolute atomic E-state index is 5.16. The molecule has 0 bridgehead atoms. The van der Waals surface area contributed by atoms with Crippen molar-refractivity contribution in [1.82, 2.24) is 15.3 Å². The van der Waals surface area contributed by atoms with Gasteiger partial charge >= 0.3 is 0 Å². The molecule has 0 unspecified atom stereocenters. The second-order valence-electron chi connectivity index (χ2n) is 4.39. The molecule has 0 aliphatic carbocycles. The van der Waals surface area contributed by atoms with Crippen LogP contribution in [0.4, 0.5) is 5.82 Å². The maximum atomic E-state index is 5.16. The minimum absolute atomic E-state index is 0.737. The molecule has 0 fully saturated rings. The molecule has 1 aliphatic heterocycles. The van der Waals surface area contributed by atoms with E-state index in [1.807, 2.05) is 13.2 Å². The Kier molecular flexibility index (Phi) is 4.66. The predicted octanol–water partition coefficient (Wildman–Crippen LogP) is 0.979. The van der Waals surface area contributed by atoms with E-state index in [1.165, 1.54) is 5.57 Å². The van der Waals surface area contributed by atoms with Crippen LogP contribution in [0.15, 0.2) is 24.2 Å². The molecule has 5 nitrogen and oxygen atoms in total. The van der Waals surface area contributed by atoms with Gasteiger partial charge in [0.25, 0.3) is 0 Å². The highest BCUT2D eigenvalue weighted by Crippen LogP contribution is 2.20. The minimum atomic E-state index is 0.737. The topological polar surface area (TPSA) is 50.3 Å². The lowest BCUT2D eigenvalue weighted by molar-refractivity contribution is 0.222. The van der Waals surface area contributed by atoms with Crippen molar-refractivity contribution in [3.05, 3.63) is 29.7 Å². The quantitative estimate of drug-likeness (QED) is 0.787. The summed E-state index contributed by atoms with van der Waals surface area (Å²) in [6, 6.07) is 0. The van der Waals surface area contributed by atoms with Gasteiger partial charge < -0.3 is 15.0 Å². The van der Waals surface area contributed by atoms with Crippen molar-refractivity contribution in [3.63, 3.8) is 0 Å². The number of nitrogens with one attached hydrogen (secondary N) is 1. The SMILES string of the molecule is CNCc1cncnc1N1CC=C(COC)CC1. The molecule has 0 aromatic carbocycles. The molecule has 1 N–H and O–H groups in total. The van der Waals surface area contributed by atoms with Gasteiger partial charge in [-0.1, -0.05) is 6.08 Å². The first-order chi connectivity index (χ1) is 8.85. The van der Waals surface area contributed by atoms with Gasteiger partial charge in [-0.15, -0.1) is 0 Å². The molecule has 2 rings (SSSR count). The molecule has 18 heavy (non-hydrogen) atoms. The summed E-state index contributed by atoms with van der Waals surface area (Å²) >= 11 is 0. The number of ether oxygens (including phenoxy) is 1. The molecule has 2 heterocycles. The van der Waals surface area contributed by atoms with Crippen LogP contribution in [0.25, 0.3) is 0 Å². The van der Waals surface area contributed by atoms with Gasteiger partial charge in [0.1, 0.15) is 12.1 Å². The van der Waals surface area contributed by atoms with Gasteiger partial charge in [0.15, 0.2) is 0 Å². The van der Waals surface area contributed by atoms with Crippen LogP contribution in [0, 0.1) is 0 Å². The first-order valence-electron chi connectivity index (χ1n) is 6.20. The molecule has 0 radical (unpaired) electrons. The lowest BCUT2D eigenvalue weighted by Gasteiger charge is -2.28. The van der Waals surface area contributed by atoms with Gasteiger partial charge in [0.2, 0.25) is 0 Å². The van der Waals surface area contributed by atoms with Gasteiger partial charge in [-0.25, -0.2) is 9.97 Å². The molecule has 0 saturated carbocycles. The molecule has 0 spiro atoms. The third-order valence-electron chi connectivity index (χ3n) is 3.06. The van der Waals surface area contributed by atoms with E-state index in [2.05, 4.69) is 26.3 Å². The van der Waals surface area contributed by atoms with Crippen molar-refractivity contribution in [2.45, 2.75) is 13.0 Å². The Hall–Kier alpha value is -1.46. The third-order valence-corrected chi connectivity index (χ3v) is 3.06. The number of rotatable bonds is 5. The molecule has 0 atom stereocenters. The van der Waals surface area contributed by atoms with Gasteiger partial charge in [0, 0.05) is 38.5 Å². The molecule has 1 aromatic heterocycles. The number of nitrogens with zero attached hydrogens (tertiary/aromatic N) is 3. The van der Waals surface area contributed by atoms with Crippen LogP contribution < -0.4 is 10.2 Å². The minimum Gasteiger partial charge on any atom is -0.380 e. The summed E-state index contributed by atoms with van der Waals surface area (Å²) in [6.45, 7) is 3.41. The van der Waals surface area contributed by atoms with Crippen LogP contribution in [-0.4, -0.2) is 43.8 Å². The Labute approximate surface area is 108 Å². The first-order valence-corrected chi connectivity index (χ1v) is 6.20. The van der Waals surface area contributed by atoms with Gasteiger partial charge in [-0.2, -0.15) is 0 Å². The monoisotopic (exact) mass is 248 g/mol. The average Bonchev–Trinajstić information content (AvgIpc) is 2.41. The number of methoxy groups -OCH3 is 1. The molecule has 0 amide bonds. The van der Waals surface area contributed by atoms with Crippen LogP contribution in [0.1, 0.15) is 12.0 Å². The zero-order valence-corrected chi connectivity index (χ0v) is 11.0. The molecule has 5 heteroatoms. The van der Waals surface area contributed by atoms with E-state index in [9.17, 15) is 0 Å². The summed E-state index contributed by atoms with van der Waals surface area (Å²) in [6.07, 6.45) is 6.77. The zero-order valence-electron chi connectivity index (χ0n) is 11.0. The summed E-state index contributed by atoms with van der Waals surface area (Å²) in [4.78, 5) is 10.8. The Balaban J connectivity index is 2.09. The van der Waals surface area contributed by atoms with Crippen molar-refractivity contribution >= 4 is 5.82 Å². The van der Waals surface area contributed by atoms with Crippen LogP contribution >= 0.6 is 0 Å². The van der Waals surface area contributed by atoms with E-state index < -0.39 is 0 Å². The van der Waals surface area contributed by atoms with E-state index in [1.54, 1.807) is 13.4 Å². The molecule has 0 saturated heterocycles. The zero-order chi connectivity index (χ0) is 12.8. The van der Waals surface area contributed by atoms with Gasteiger partial charge in [-0.05, 0) is 19.0 Å². The standard InChI is InChI=1S/C13H20N4O/c1-14-7-12-8-15-10-16-13(12)17-5-3-11(4-6-17)9-18-2/h3,8,10,14H,4-7,9H2,1-2H3. The first kappa shape index (κ1) is 13.0. The second-order valence-corrected chi connectivity index (χ2v) is 4.39. The molecule has 98 valence electrons. The van der Waals surface area contributed by atoms with Crippen LogP contribution in [0.5, 0.6) is 0 Å². The molecular formula is C13H20N4O. The molecule has 1 aliphatic rings. The fourth-order valence-electron chi connectivity index (χ4n) is 2.17. The summed E-state index contributed by atoms with van der Waals surface area (Å²) in [5.41, 5.74) is 2.52. The summed E-state index contributed by atoms with van der Waals surface area (Å²) in [5.74, 6) is 1.03. The van der Waals surface area contributed by atoms with Crippen molar-refractivity contribution < 1.29 is 4.74 Å². The summed E-state index contributed by atoms with van der Waals surface area (Å²) < 4.78 is 5.16. The van der Waals surface area contributed by atoms with E-state index >= 15 is 0 Å². The number of hydrogen-bond donors (Lipinski definition) is 1. The van der Waals surface area contributed by atoms with Gasteiger partial charge in [0.05, 0.1) is 6.61 Å². The highest BCUT2D eigenvalue weighted by Gasteiger charge is 2.16. The fourth-order valence-corrected chi connectivity index (χ4v) is 2.17. The second kappa shape index (κ2) is 6.47. The van der Waals surface area contributed by atoms with Crippen molar-refractivity contribution in [2.75, 3.05) is 38.8 Å². The summed E-state index contributed by atoms with van der Waals surface area (Å²) in [7, 11) is 3.67. The molecule has 1 aromatic rings. The highest BCUT2D eigenvalue weighted by molar-refractivity contribution is 5.47. The van der Waals surface area contributed by atoms with Crippen LogP contribution in [0.2, 0.25) is 0 Å². The molecular weight excluding hydrogens is 228 g/mol. The lowest BCUT2D eigenvalue weighted by atomic mass is 10.1. The third kappa shape index (κ3) is 3.05. The largest absolute Gasteiger partial charge is 0.380 e. The number of aromatic nitrogens is 2.